The summed E-state index contributed by atoms with van der Waals surface area (Å²) in [5.41, 5.74) is 1.28. The number of amides is 1. The lowest BCUT2D eigenvalue weighted by Gasteiger charge is -2.19. The Kier molecular flexibility index (Phi) is 6.41. The van der Waals surface area contributed by atoms with Crippen molar-refractivity contribution < 1.29 is 4.79 Å². The van der Waals surface area contributed by atoms with Crippen LogP contribution in [-0.2, 0) is 17.8 Å². The maximum absolute atomic E-state index is 11.9. The fourth-order valence-electron chi connectivity index (χ4n) is 3.26. The smallest absolute Gasteiger partial charge is 0.220 e. The van der Waals surface area contributed by atoms with E-state index in [-0.39, 0.29) is 5.91 Å². The maximum Gasteiger partial charge on any atom is 0.220 e. The number of nitrogens with zero attached hydrogens (tertiary/aromatic N) is 3. The number of aromatic nitrogens is 3. The fraction of sp³-hybridized carbons (Fsp3) is 0.611. The summed E-state index contributed by atoms with van der Waals surface area (Å²) in [7, 11) is 0. The molecule has 2 aromatic heterocycles. The number of nitrogens with one attached hydrogen (secondary N) is 1. The predicted octanol–water partition coefficient (Wildman–Crippen LogP) is 3.53. The molecule has 24 heavy (non-hydrogen) atoms. The quantitative estimate of drug-likeness (QED) is 0.795. The lowest BCUT2D eigenvalue weighted by molar-refractivity contribution is -0.121. The molecule has 0 saturated heterocycles. The highest BCUT2D eigenvalue weighted by Gasteiger charge is 2.18. The first-order valence-electron chi connectivity index (χ1n) is 8.99. The second-order valence-corrected chi connectivity index (χ2v) is 7.42. The van der Waals surface area contributed by atoms with E-state index in [1.807, 2.05) is 16.9 Å². The first kappa shape index (κ1) is 17.1. The zero-order chi connectivity index (χ0) is 16.6. The van der Waals surface area contributed by atoms with E-state index in [1.54, 1.807) is 17.5 Å². The van der Waals surface area contributed by atoms with Gasteiger partial charge in [-0.2, -0.15) is 5.10 Å². The van der Waals surface area contributed by atoms with Crippen molar-refractivity contribution in [3.8, 4) is 0 Å². The SMILES string of the molecule is O=C(CCCn1cccn1)NCCc1nc(C2CCCCC2)cs1. The van der Waals surface area contributed by atoms with Crippen LogP contribution in [0.3, 0.4) is 0 Å². The molecule has 130 valence electrons. The van der Waals surface area contributed by atoms with Gasteiger partial charge >= 0.3 is 0 Å². The zero-order valence-electron chi connectivity index (χ0n) is 14.1. The highest BCUT2D eigenvalue weighted by Crippen LogP contribution is 2.33. The van der Waals surface area contributed by atoms with Gasteiger partial charge in [-0.3, -0.25) is 9.48 Å². The molecule has 1 aliphatic rings. The summed E-state index contributed by atoms with van der Waals surface area (Å²) >= 11 is 1.74. The van der Waals surface area contributed by atoms with Gasteiger partial charge < -0.3 is 5.32 Å². The lowest BCUT2D eigenvalue weighted by atomic mass is 9.87. The Labute approximate surface area is 147 Å². The molecule has 0 aliphatic heterocycles. The summed E-state index contributed by atoms with van der Waals surface area (Å²) in [4.78, 5) is 16.6. The van der Waals surface area contributed by atoms with Crippen molar-refractivity contribution in [1.82, 2.24) is 20.1 Å². The number of carbonyl (C=O) groups excluding carboxylic acids is 1. The van der Waals surface area contributed by atoms with Crippen LogP contribution in [0.2, 0.25) is 0 Å². The Balaban J connectivity index is 1.32. The van der Waals surface area contributed by atoms with Crippen molar-refractivity contribution in [3.05, 3.63) is 34.5 Å². The number of carbonyl (C=O) groups is 1. The second-order valence-electron chi connectivity index (χ2n) is 6.47. The van der Waals surface area contributed by atoms with E-state index in [0.717, 1.165) is 24.4 Å². The van der Waals surface area contributed by atoms with Crippen molar-refractivity contribution in [3.63, 3.8) is 0 Å². The summed E-state index contributed by atoms with van der Waals surface area (Å²) in [6, 6.07) is 1.90. The van der Waals surface area contributed by atoms with Crippen molar-refractivity contribution in [2.75, 3.05) is 6.54 Å². The molecule has 2 aromatic rings. The minimum atomic E-state index is 0.117. The van der Waals surface area contributed by atoms with E-state index in [9.17, 15) is 4.79 Å². The van der Waals surface area contributed by atoms with Crippen molar-refractivity contribution in [2.24, 2.45) is 0 Å². The molecule has 1 aliphatic carbocycles. The zero-order valence-corrected chi connectivity index (χ0v) is 14.9. The summed E-state index contributed by atoms with van der Waals surface area (Å²) < 4.78 is 1.86. The van der Waals surface area contributed by atoms with E-state index in [2.05, 4.69) is 15.8 Å². The summed E-state index contributed by atoms with van der Waals surface area (Å²) in [6.45, 7) is 1.47. The van der Waals surface area contributed by atoms with Crippen LogP contribution in [0.5, 0.6) is 0 Å². The molecular formula is C18H26N4OS. The molecule has 0 bridgehead atoms. The van der Waals surface area contributed by atoms with Crippen molar-refractivity contribution in [2.45, 2.75) is 63.8 Å². The van der Waals surface area contributed by atoms with Gasteiger partial charge in [0.1, 0.15) is 0 Å². The van der Waals surface area contributed by atoms with Gasteiger partial charge in [0, 0.05) is 49.6 Å². The Morgan fingerprint density at radius 2 is 2.21 bits per heavy atom. The van der Waals surface area contributed by atoms with E-state index in [0.29, 0.717) is 18.9 Å². The van der Waals surface area contributed by atoms with E-state index in [4.69, 9.17) is 4.98 Å². The number of hydrogen-bond donors (Lipinski definition) is 1. The molecule has 3 rings (SSSR count). The van der Waals surface area contributed by atoms with Crippen molar-refractivity contribution >= 4 is 17.2 Å². The van der Waals surface area contributed by atoms with Crippen LogP contribution in [0.25, 0.3) is 0 Å². The third-order valence-corrected chi connectivity index (χ3v) is 5.53. The first-order chi connectivity index (χ1) is 11.8. The average Bonchev–Trinajstić information content (AvgIpc) is 3.28. The molecular weight excluding hydrogens is 320 g/mol. The largest absolute Gasteiger partial charge is 0.356 e. The Morgan fingerprint density at radius 3 is 3.00 bits per heavy atom. The third kappa shape index (κ3) is 5.16. The minimum Gasteiger partial charge on any atom is -0.356 e. The molecule has 0 atom stereocenters. The molecule has 5 nitrogen and oxygen atoms in total. The molecule has 6 heteroatoms. The standard InChI is InChI=1S/C18H26N4OS/c23-17(8-4-12-22-13-5-10-20-22)19-11-9-18-21-16(14-24-18)15-6-2-1-3-7-15/h5,10,13-15H,1-4,6-9,11-12H2,(H,19,23). The highest BCUT2D eigenvalue weighted by atomic mass is 32.1. The highest BCUT2D eigenvalue weighted by molar-refractivity contribution is 7.09. The monoisotopic (exact) mass is 346 g/mol. The van der Waals surface area contributed by atoms with Crippen molar-refractivity contribution in [1.29, 1.82) is 0 Å². The first-order valence-corrected chi connectivity index (χ1v) is 9.87. The summed E-state index contributed by atoms with van der Waals surface area (Å²) in [5.74, 6) is 0.784. The molecule has 1 fully saturated rings. The Hall–Kier alpha value is -1.69. The van der Waals surface area contributed by atoms with Crippen LogP contribution in [0.15, 0.2) is 23.8 Å². The van der Waals surface area contributed by atoms with E-state index >= 15 is 0 Å². The number of hydrogen-bond acceptors (Lipinski definition) is 4. The molecule has 1 N–H and O–H groups in total. The van der Waals surface area contributed by atoms with Crippen LogP contribution in [-0.4, -0.2) is 27.2 Å². The molecule has 2 heterocycles. The van der Waals surface area contributed by atoms with Gasteiger partial charge in [0.2, 0.25) is 5.91 Å². The Morgan fingerprint density at radius 1 is 1.33 bits per heavy atom. The second kappa shape index (κ2) is 8.97. The van der Waals surface area contributed by atoms with Gasteiger partial charge in [-0.05, 0) is 25.3 Å². The Bertz CT molecular complexity index is 617. The van der Waals surface area contributed by atoms with Crippen LogP contribution in [0.1, 0.15) is 61.6 Å². The van der Waals surface area contributed by atoms with Gasteiger partial charge in [0.05, 0.1) is 10.7 Å². The number of aryl methyl sites for hydroxylation is 1. The van der Waals surface area contributed by atoms with Gasteiger partial charge in [-0.1, -0.05) is 19.3 Å². The summed E-state index contributed by atoms with van der Waals surface area (Å²) in [5, 5.41) is 10.5. The average molecular weight is 347 g/mol. The molecule has 0 aromatic carbocycles. The van der Waals surface area contributed by atoms with Crippen LogP contribution >= 0.6 is 11.3 Å². The normalized spacial score (nSPS) is 15.5. The lowest BCUT2D eigenvalue weighted by Crippen LogP contribution is -2.25. The third-order valence-electron chi connectivity index (χ3n) is 4.60. The molecule has 0 spiro atoms. The minimum absolute atomic E-state index is 0.117. The van der Waals surface area contributed by atoms with Gasteiger partial charge in [0.15, 0.2) is 0 Å². The maximum atomic E-state index is 11.9. The fourth-order valence-corrected chi connectivity index (χ4v) is 4.14. The topological polar surface area (TPSA) is 59.8 Å². The van der Waals surface area contributed by atoms with Crippen LogP contribution < -0.4 is 5.32 Å². The van der Waals surface area contributed by atoms with E-state index in [1.165, 1.54) is 37.8 Å². The van der Waals surface area contributed by atoms with Crippen LogP contribution in [0, 0.1) is 0 Å². The van der Waals surface area contributed by atoms with E-state index < -0.39 is 0 Å². The molecule has 0 radical (unpaired) electrons. The summed E-state index contributed by atoms with van der Waals surface area (Å²) in [6.07, 6.45) is 12.5. The number of thiazole rings is 1. The van der Waals surface area contributed by atoms with Gasteiger partial charge in [-0.25, -0.2) is 4.98 Å². The van der Waals surface area contributed by atoms with Crippen LogP contribution in [0.4, 0.5) is 0 Å². The predicted molar refractivity (Wildman–Crippen MR) is 96.1 cm³/mol. The van der Waals surface area contributed by atoms with Gasteiger partial charge in [0.25, 0.3) is 0 Å². The van der Waals surface area contributed by atoms with Gasteiger partial charge in [-0.15, -0.1) is 11.3 Å². The molecule has 1 amide bonds. The number of rotatable bonds is 8. The molecule has 0 unspecified atom stereocenters. The molecule has 1 saturated carbocycles.